The largest absolute Gasteiger partial charge is 0.480 e. The van der Waals surface area contributed by atoms with Crippen LogP contribution < -0.4 is 26.6 Å². The fourth-order valence-corrected chi connectivity index (χ4v) is 8.37. The molecule has 2 aromatic carbocycles. The van der Waals surface area contributed by atoms with Gasteiger partial charge in [0.15, 0.2) is 6.04 Å². The minimum atomic E-state index is -1.14. The van der Waals surface area contributed by atoms with Crippen molar-refractivity contribution in [1.29, 1.82) is 0 Å². The smallest absolute Gasteiger partial charge is 0.408 e. The molecule has 3 heterocycles. The van der Waals surface area contributed by atoms with Gasteiger partial charge in [0.2, 0.25) is 23.6 Å². The van der Waals surface area contributed by atoms with Crippen LogP contribution in [0.3, 0.4) is 0 Å². The number of nitrogens with one attached hydrogen (secondary N) is 6. The SMILES string of the molecule is CC(=O)NCCCC[C@H](NC(=O)[C@H](CCCCN(C)C)NC(=O)[C@H](Cc1cnc[nH]1)NC(=O)OCc1ccccc1)C(=O)Nc1ccc2nc(C3=N[C@@H](C(=O)O)CS3)sc2c1. The fraction of sp³-hybridized carbons (Fsp3) is 0.439. The number of H-pyrrole nitrogens is 1. The summed E-state index contributed by atoms with van der Waals surface area (Å²) in [6.45, 7) is 2.54. The highest BCUT2D eigenvalue weighted by molar-refractivity contribution is 8.15. The molecule has 1 aliphatic heterocycles. The number of thioether (sulfide) groups is 1. The Balaban J connectivity index is 1.31. The summed E-state index contributed by atoms with van der Waals surface area (Å²) in [6, 6.07) is 10.2. The lowest BCUT2D eigenvalue weighted by atomic mass is 10.0. The number of amides is 5. The van der Waals surface area contributed by atoms with Crippen molar-refractivity contribution in [2.75, 3.05) is 38.3 Å². The summed E-state index contributed by atoms with van der Waals surface area (Å²) in [6.07, 6.45) is 5.00. The standard InChI is InChI=1S/C41H52N10O8S2/c1-25(52)43-17-9-7-13-30(35(53)45-27-15-16-29-34(20-27)61-39(48-29)38-49-33(23-60-38)40(56)57)46-36(54)31(14-8-10-18-51(2)3)47-37(55)32(19-28-21-42-24-44-28)50-41(58)59-22-26-11-5-4-6-12-26/h4-6,11-12,15-16,20-21,24,30-33H,7-10,13-14,17-19,22-23H2,1-3H3,(H,42,44)(H,43,52)(H,45,53)(H,46,54)(H,47,55)(H,50,58)(H,56,57)/t30-,31-,32-,33+/m0/s1. The molecule has 0 saturated heterocycles. The molecule has 0 spiro atoms. The third-order valence-electron chi connectivity index (χ3n) is 9.48. The Morgan fingerprint density at radius 1 is 0.918 bits per heavy atom. The maximum atomic E-state index is 14.2. The number of hydrogen-bond acceptors (Lipinski definition) is 13. The topological polar surface area (TPSA) is 249 Å². The van der Waals surface area contributed by atoms with Crippen LogP contribution in [0.1, 0.15) is 61.7 Å². The van der Waals surface area contributed by atoms with Crippen LogP contribution in [0.2, 0.25) is 0 Å². The van der Waals surface area contributed by atoms with Gasteiger partial charge in [0.25, 0.3) is 0 Å². The van der Waals surface area contributed by atoms with Crippen LogP contribution in [0, 0.1) is 0 Å². The lowest BCUT2D eigenvalue weighted by Gasteiger charge is -2.25. The minimum absolute atomic E-state index is 0.0146. The van der Waals surface area contributed by atoms with Gasteiger partial charge in [0.1, 0.15) is 34.8 Å². The van der Waals surface area contributed by atoms with Crippen LogP contribution in [0.4, 0.5) is 10.5 Å². The molecule has 5 amide bonds. The second-order valence-electron chi connectivity index (χ2n) is 14.7. The Hall–Kier alpha value is -5.86. The number of rotatable bonds is 23. The second-order valence-corrected chi connectivity index (χ2v) is 16.8. The molecule has 326 valence electrons. The number of imidazole rings is 1. The van der Waals surface area contributed by atoms with E-state index in [1.54, 1.807) is 30.3 Å². The summed E-state index contributed by atoms with van der Waals surface area (Å²) in [7, 11) is 3.88. The second kappa shape index (κ2) is 23.2. The number of benzene rings is 2. The Kier molecular flexibility index (Phi) is 17.6. The van der Waals surface area contributed by atoms with Crippen LogP contribution in [0.5, 0.6) is 0 Å². The van der Waals surface area contributed by atoms with Crippen molar-refractivity contribution >= 4 is 79.7 Å². The number of aromatic amines is 1. The molecule has 18 nitrogen and oxygen atoms in total. The van der Waals surface area contributed by atoms with E-state index < -0.39 is 54.0 Å². The number of aliphatic carboxylic acids is 1. The number of carboxylic acids is 1. The lowest BCUT2D eigenvalue weighted by Crippen LogP contribution is -2.56. The number of anilines is 1. The number of alkyl carbamates (subject to hydrolysis) is 1. The van der Waals surface area contributed by atoms with Gasteiger partial charge in [-0.15, -0.1) is 23.1 Å². The quantitative estimate of drug-likeness (QED) is 0.0530. The summed E-state index contributed by atoms with van der Waals surface area (Å²) >= 11 is 2.66. The van der Waals surface area contributed by atoms with Gasteiger partial charge >= 0.3 is 12.1 Å². The van der Waals surface area contributed by atoms with Gasteiger partial charge in [0, 0.05) is 43.2 Å². The van der Waals surface area contributed by atoms with Gasteiger partial charge in [0.05, 0.1) is 16.5 Å². The van der Waals surface area contributed by atoms with Gasteiger partial charge in [-0.2, -0.15) is 0 Å². The predicted octanol–water partition coefficient (Wildman–Crippen LogP) is 3.45. The van der Waals surface area contributed by atoms with E-state index in [1.165, 1.54) is 42.5 Å². The van der Waals surface area contributed by atoms with Crippen molar-refractivity contribution in [2.24, 2.45) is 4.99 Å². The number of carbonyl (C=O) groups is 6. The Bertz CT molecular complexity index is 2150. The zero-order valence-corrected chi connectivity index (χ0v) is 35.9. The number of nitrogens with zero attached hydrogens (tertiary/aromatic N) is 4. The summed E-state index contributed by atoms with van der Waals surface area (Å²) in [5.41, 5.74) is 2.44. The first-order valence-corrected chi connectivity index (χ1v) is 21.7. The van der Waals surface area contributed by atoms with Crippen molar-refractivity contribution in [3.8, 4) is 0 Å². The minimum Gasteiger partial charge on any atom is -0.480 e. The van der Waals surface area contributed by atoms with E-state index in [0.29, 0.717) is 58.5 Å². The molecule has 7 N–H and O–H groups in total. The van der Waals surface area contributed by atoms with Gasteiger partial charge < -0.3 is 46.3 Å². The molecule has 4 aromatic rings. The van der Waals surface area contributed by atoms with E-state index in [1.807, 2.05) is 37.2 Å². The van der Waals surface area contributed by atoms with Crippen LogP contribution >= 0.6 is 23.1 Å². The maximum Gasteiger partial charge on any atom is 0.408 e. The summed E-state index contributed by atoms with van der Waals surface area (Å²) in [5.74, 6) is -2.55. The Morgan fingerprint density at radius 3 is 2.31 bits per heavy atom. The van der Waals surface area contributed by atoms with E-state index in [-0.39, 0.29) is 31.8 Å². The highest BCUT2D eigenvalue weighted by Gasteiger charge is 2.31. The molecule has 0 radical (unpaired) electrons. The number of hydrogen-bond donors (Lipinski definition) is 7. The third kappa shape index (κ3) is 15.0. The first kappa shape index (κ1) is 46.2. The van der Waals surface area contributed by atoms with Crippen molar-refractivity contribution in [3.05, 3.63) is 77.3 Å². The van der Waals surface area contributed by atoms with Crippen molar-refractivity contribution < 1.29 is 38.6 Å². The Labute approximate surface area is 361 Å². The average Bonchev–Trinajstić information content (AvgIpc) is 4.02. The normalized spacial score (nSPS) is 15.0. The number of aromatic nitrogens is 3. The number of carbonyl (C=O) groups excluding carboxylic acids is 5. The number of thiazole rings is 1. The Morgan fingerprint density at radius 2 is 1.64 bits per heavy atom. The van der Waals surface area contributed by atoms with E-state index in [2.05, 4.69) is 46.5 Å². The van der Waals surface area contributed by atoms with E-state index in [0.717, 1.165) is 23.2 Å². The van der Waals surface area contributed by atoms with Crippen LogP contribution in [0.15, 0.2) is 66.0 Å². The molecule has 61 heavy (non-hydrogen) atoms. The molecule has 0 fully saturated rings. The van der Waals surface area contributed by atoms with Crippen molar-refractivity contribution in [3.63, 3.8) is 0 Å². The van der Waals surface area contributed by atoms with Crippen LogP contribution in [-0.4, -0.2) is 123 Å². The summed E-state index contributed by atoms with van der Waals surface area (Å²) in [4.78, 5) is 95.8. The number of aliphatic imine (C=N–C) groups is 1. The first-order chi connectivity index (χ1) is 29.3. The maximum absolute atomic E-state index is 14.2. The van der Waals surface area contributed by atoms with Gasteiger partial charge in [-0.1, -0.05) is 30.3 Å². The molecule has 0 aliphatic carbocycles. The molecule has 4 atom stereocenters. The highest BCUT2D eigenvalue weighted by atomic mass is 32.2. The van der Waals surface area contributed by atoms with Gasteiger partial charge in [-0.3, -0.25) is 24.2 Å². The molecular formula is C41H52N10O8S2. The molecule has 1 aliphatic rings. The van der Waals surface area contributed by atoms with E-state index in [4.69, 9.17) is 4.74 Å². The fourth-order valence-electron chi connectivity index (χ4n) is 6.27. The molecule has 0 unspecified atom stereocenters. The van der Waals surface area contributed by atoms with Crippen LogP contribution in [-0.2, 0) is 41.7 Å². The summed E-state index contributed by atoms with van der Waals surface area (Å²) in [5, 5.41) is 24.5. The first-order valence-electron chi connectivity index (χ1n) is 19.9. The van der Waals surface area contributed by atoms with E-state index in [9.17, 15) is 33.9 Å². The van der Waals surface area contributed by atoms with Gasteiger partial charge in [-0.05, 0) is 82.9 Å². The lowest BCUT2D eigenvalue weighted by molar-refractivity contribution is -0.137. The zero-order chi connectivity index (χ0) is 43.7. The molecular weight excluding hydrogens is 825 g/mol. The summed E-state index contributed by atoms with van der Waals surface area (Å²) < 4.78 is 6.15. The van der Waals surface area contributed by atoms with Crippen molar-refractivity contribution in [2.45, 2.75) is 82.6 Å². The molecule has 20 heteroatoms. The number of fused-ring (bicyclic) bond motifs is 1. The predicted molar refractivity (Wildman–Crippen MR) is 233 cm³/mol. The molecule has 0 saturated carbocycles. The molecule has 5 rings (SSSR count). The van der Waals surface area contributed by atoms with Crippen molar-refractivity contribution in [1.82, 2.24) is 41.1 Å². The van der Waals surface area contributed by atoms with Gasteiger partial charge in [-0.25, -0.2) is 19.6 Å². The number of unbranched alkanes of at least 4 members (excludes halogenated alkanes) is 2. The highest BCUT2D eigenvalue weighted by Crippen LogP contribution is 2.31. The number of carboxylic acid groups (broad SMARTS) is 1. The van der Waals surface area contributed by atoms with E-state index >= 15 is 0 Å². The number of ether oxygens (including phenoxy) is 1. The molecule has 2 aromatic heterocycles. The molecule has 0 bridgehead atoms. The van der Waals surface area contributed by atoms with Crippen LogP contribution in [0.25, 0.3) is 10.2 Å². The third-order valence-corrected chi connectivity index (χ3v) is 11.7. The zero-order valence-electron chi connectivity index (χ0n) is 34.3. The monoisotopic (exact) mass is 876 g/mol. The average molecular weight is 877 g/mol.